The Kier molecular flexibility index (Phi) is 6.24. The van der Waals surface area contributed by atoms with E-state index in [4.69, 9.17) is 11.6 Å². The molecule has 2 aromatic carbocycles. The number of aromatic hydroxyl groups is 1. The van der Waals surface area contributed by atoms with Crippen LogP contribution in [0.2, 0.25) is 5.02 Å². The van der Waals surface area contributed by atoms with E-state index in [1.807, 2.05) is 13.8 Å². The second-order valence-electron chi connectivity index (χ2n) is 6.80. The molecule has 1 amide bonds. The Bertz CT molecular complexity index is 1020. The maximum Gasteiger partial charge on any atom is 0.311 e. The fourth-order valence-electron chi connectivity index (χ4n) is 2.67. The van der Waals surface area contributed by atoms with Crippen LogP contribution in [0.4, 0.5) is 11.4 Å². The highest BCUT2D eigenvalue weighted by molar-refractivity contribution is 8.18. The summed E-state index contributed by atoms with van der Waals surface area (Å²) < 4.78 is 0. The topological polar surface area (TPSA) is 96.0 Å². The van der Waals surface area contributed by atoms with Crippen LogP contribution in [0.5, 0.6) is 5.75 Å². The molecule has 1 aliphatic heterocycles. The van der Waals surface area contributed by atoms with Gasteiger partial charge in [0, 0.05) is 17.6 Å². The first-order valence-electron chi connectivity index (χ1n) is 8.77. The number of benzene rings is 2. The molecule has 0 atom stereocenters. The monoisotopic (exact) mass is 431 g/mol. The van der Waals surface area contributed by atoms with Gasteiger partial charge in [-0.15, -0.1) is 0 Å². The molecule has 1 aliphatic rings. The van der Waals surface area contributed by atoms with Gasteiger partial charge >= 0.3 is 5.69 Å². The second-order valence-corrected chi connectivity index (χ2v) is 8.24. The smallest absolute Gasteiger partial charge is 0.311 e. The average Bonchev–Trinajstić information content (AvgIpc) is 2.93. The van der Waals surface area contributed by atoms with Gasteiger partial charge in [-0.3, -0.25) is 19.8 Å². The fraction of sp³-hybridized carbons (Fsp3) is 0.200. The van der Waals surface area contributed by atoms with Crippen molar-refractivity contribution in [2.24, 2.45) is 10.9 Å². The first kappa shape index (κ1) is 20.9. The zero-order valence-corrected chi connectivity index (χ0v) is 17.3. The molecular formula is C20H18ClN3O4S. The summed E-state index contributed by atoms with van der Waals surface area (Å²) in [6.45, 7) is 4.50. The summed E-state index contributed by atoms with van der Waals surface area (Å²) in [6, 6.07) is 11.0. The Labute approximate surface area is 176 Å². The molecule has 0 bridgehead atoms. The van der Waals surface area contributed by atoms with Crippen LogP contribution in [0.15, 0.2) is 52.4 Å². The lowest BCUT2D eigenvalue weighted by Gasteiger charge is -2.17. The summed E-state index contributed by atoms with van der Waals surface area (Å²) in [5.41, 5.74) is 0.700. The largest absolute Gasteiger partial charge is 0.502 e. The van der Waals surface area contributed by atoms with Crippen LogP contribution in [-0.2, 0) is 4.79 Å². The molecule has 0 aromatic heterocycles. The summed E-state index contributed by atoms with van der Waals surface area (Å²) in [7, 11) is 0. The van der Waals surface area contributed by atoms with E-state index in [0.29, 0.717) is 32.9 Å². The Balaban J connectivity index is 1.97. The summed E-state index contributed by atoms with van der Waals surface area (Å²) >= 11 is 7.12. The van der Waals surface area contributed by atoms with Crippen molar-refractivity contribution in [2.75, 3.05) is 6.54 Å². The van der Waals surface area contributed by atoms with Crippen molar-refractivity contribution in [1.29, 1.82) is 0 Å². The zero-order chi connectivity index (χ0) is 21.1. The predicted octanol–water partition coefficient (Wildman–Crippen LogP) is 5.21. The Morgan fingerprint density at radius 3 is 2.59 bits per heavy atom. The van der Waals surface area contributed by atoms with Gasteiger partial charge in [0.05, 0.1) is 15.5 Å². The van der Waals surface area contributed by atoms with E-state index in [0.717, 1.165) is 0 Å². The first-order chi connectivity index (χ1) is 13.7. The number of nitrogens with zero attached hydrogens (tertiary/aromatic N) is 3. The number of rotatable bonds is 5. The first-order valence-corrected chi connectivity index (χ1v) is 9.97. The minimum atomic E-state index is -0.667. The molecule has 1 saturated heterocycles. The molecule has 150 valence electrons. The van der Waals surface area contributed by atoms with Crippen molar-refractivity contribution < 1.29 is 14.8 Å². The minimum Gasteiger partial charge on any atom is -0.502 e. The van der Waals surface area contributed by atoms with Gasteiger partial charge in [0.15, 0.2) is 10.9 Å². The van der Waals surface area contributed by atoms with E-state index in [-0.39, 0.29) is 11.8 Å². The molecule has 7 nitrogen and oxygen atoms in total. The summed E-state index contributed by atoms with van der Waals surface area (Å²) in [5.74, 6) is -0.412. The Morgan fingerprint density at radius 1 is 1.28 bits per heavy atom. The SMILES string of the molecule is CC(C)CN1C(=O)/C(=C/c2ccc(O)c([N+](=O)[O-])c2)SC1=Nc1ccc(Cl)cc1. The molecule has 0 spiro atoms. The predicted molar refractivity (Wildman–Crippen MR) is 115 cm³/mol. The number of amidine groups is 1. The molecule has 0 saturated carbocycles. The number of phenols is 1. The van der Waals surface area contributed by atoms with Gasteiger partial charge in [0.2, 0.25) is 0 Å². The molecule has 1 fully saturated rings. The van der Waals surface area contributed by atoms with Gasteiger partial charge in [0.1, 0.15) is 0 Å². The number of nitro benzene ring substituents is 1. The van der Waals surface area contributed by atoms with Crippen LogP contribution < -0.4 is 0 Å². The van der Waals surface area contributed by atoms with Gasteiger partial charge in [-0.25, -0.2) is 4.99 Å². The quantitative estimate of drug-likeness (QED) is 0.398. The van der Waals surface area contributed by atoms with E-state index in [1.165, 1.54) is 30.0 Å². The summed E-state index contributed by atoms with van der Waals surface area (Å²) in [5, 5.41) is 21.8. The van der Waals surface area contributed by atoms with Crippen LogP contribution in [0.25, 0.3) is 6.08 Å². The van der Waals surface area contributed by atoms with Gasteiger partial charge < -0.3 is 5.11 Å². The van der Waals surface area contributed by atoms with E-state index < -0.39 is 16.4 Å². The number of thioether (sulfide) groups is 1. The molecule has 1 N–H and O–H groups in total. The number of carbonyl (C=O) groups excluding carboxylic acids is 1. The van der Waals surface area contributed by atoms with Gasteiger partial charge in [-0.2, -0.15) is 0 Å². The van der Waals surface area contributed by atoms with Crippen molar-refractivity contribution in [2.45, 2.75) is 13.8 Å². The maximum absolute atomic E-state index is 12.9. The minimum absolute atomic E-state index is 0.216. The molecule has 3 rings (SSSR count). The molecule has 1 heterocycles. The maximum atomic E-state index is 12.9. The molecule has 0 radical (unpaired) electrons. The summed E-state index contributed by atoms with van der Waals surface area (Å²) in [6.07, 6.45) is 1.57. The Hall–Kier alpha value is -2.84. The lowest BCUT2D eigenvalue weighted by molar-refractivity contribution is -0.385. The number of hydrogen-bond donors (Lipinski definition) is 1. The molecular weight excluding hydrogens is 414 g/mol. The third-order valence-electron chi connectivity index (χ3n) is 3.98. The third-order valence-corrected chi connectivity index (χ3v) is 5.24. The van der Waals surface area contributed by atoms with Crippen LogP contribution in [-0.4, -0.2) is 32.5 Å². The third kappa shape index (κ3) is 4.96. The number of halogens is 1. The van der Waals surface area contributed by atoms with E-state index in [1.54, 1.807) is 35.2 Å². The van der Waals surface area contributed by atoms with Crippen LogP contribution in [0, 0.1) is 16.0 Å². The van der Waals surface area contributed by atoms with Gasteiger partial charge in [0.25, 0.3) is 5.91 Å². The van der Waals surface area contributed by atoms with Crippen LogP contribution in [0.1, 0.15) is 19.4 Å². The van der Waals surface area contributed by atoms with Gasteiger partial charge in [-0.05, 0) is 59.7 Å². The van der Waals surface area contributed by atoms with E-state index in [9.17, 15) is 20.0 Å². The van der Waals surface area contributed by atoms with Crippen molar-refractivity contribution in [3.05, 3.63) is 68.1 Å². The van der Waals surface area contributed by atoms with Crippen LogP contribution in [0.3, 0.4) is 0 Å². The number of nitro groups is 1. The molecule has 0 unspecified atom stereocenters. The fourth-order valence-corrected chi connectivity index (χ4v) is 3.81. The van der Waals surface area contributed by atoms with Crippen molar-refractivity contribution in [3.63, 3.8) is 0 Å². The van der Waals surface area contributed by atoms with Crippen LogP contribution >= 0.6 is 23.4 Å². The highest BCUT2D eigenvalue weighted by Gasteiger charge is 2.33. The number of aliphatic imine (C=N–C) groups is 1. The molecule has 2 aromatic rings. The lowest BCUT2D eigenvalue weighted by atomic mass is 10.1. The number of phenolic OH excluding ortho intramolecular Hbond substituents is 1. The average molecular weight is 432 g/mol. The van der Waals surface area contributed by atoms with E-state index in [2.05, 4.69) is 4.99 Å². The number of carbonyl (C=O) groups is 1. The van der Waals surface area contributed by atoms with Crippen molar-refractivity contribution >= 4 is 51.9 Å². The standard InChI is InChI=1S/C20H18ClN3O4S/c1-12(2)11-23-19(26)18(10-13-3-8-17(25)16(9-13)24(27)28)29-20(23)22-15-6-4-14(21)5-7-15/h3-10,12,25H,11H2,1-2H3/b18-10-,22-20?. The van der Waals surface area contributed by atoms with Gasteiger partial charge in [-0.1, -0.05) is 31.5 Å². The van der Waals surface area contributed by atoms with E-state index >= 15 is 0 Å². The molecule has 29 heavy (non-hydrogen) atoms. The highest BCUT2D eigenvalue weighted by atomic mass is 35.5. The second kappa shape index (κ2) is 8.67. The normalized spacial score (nSPS) is 17.0. The Morgan fingerprint density at radius 2 is 1.97 bits per heavy atom. The molecule has 9 heteroatoms. The highest BCUT2D eigenvalue weighted by Crippen LogP contribution is 2.36. The number of amides is 1. The molecule has 0 aliphatic carbocycles. The lowest BCUT2D eigenvalue weighted by Crippen LogP contribution is -2.32. The van der Waals surface area contributed by atoms with Crippen molar-refractivity contribution in [3.8, 4) is 5.75 Å². The van der Waals surface area contributed by atoms with Crippen molar-refractivity contribution in [1.82, 2.24) is 4.90 Å². The number of hydrogen-bond acceptors (Lipinski definition) is 6. The summed E-state index contributed by atoms with van der Waals surface area (Å²) in [4.78, 5) is 29.9. The zero-order valence-electron chi connectivity index (χ0n) is 15.7.